The quantitative estimate of drug-likeness (QED) is 0.124. The Kier molecular flexibility index (Phi) is 11.2. The molecule has 0 fully saturated rings. The van der Waals surface area contributed by atoms with Gasteiger partial charge in [0, 0.05) is 0 Å². The molecule has 0 unspecified atom stereocenters. The van der Waals surface area contributed by atoms with Crippen molar-refractivity contribution >= 4 is 114 Å². The highest BCUT2D eigenvalue weighted by molar-refractivity contribution is 7.43. The zero-order chi connectivity index (χ0) is 36.7. The highest BCUT2D eigenvalue weighted by atomic mass is 35.6. The molecule has 0 aromatic heterocycles. The van der Waals surface area contributed by atoms with E-state index in [0.717, 1.165) is 0 Å². The summed E-state index contributed by atoms with van der Waals surface area (Å²) in [5.74, 6) is 0. The summed E-state index contributed by atoms with van der Waals surface area (Å²) >= 11 is 9.12. The lowest BCUT2D eigenvalue weighted by molar-refractivity contribution is 1.49. The van der Waals surface area contributed by atoms with Crippen molar-refractivity contribution in [3.05, 3.63) is 53.1 Å². The molecule has 0 aliphatic rings. The van der Waals surface area contributed by atoms with Crippen LogP contribution < -0.4 is 46.7 Å². The van der Waals surface area contributed by atoms with Gasteiger partial charge in [0.15, 0.2) is 0 Å². The van der Waals surface area contributed by atoms with Gasteiger partial charge in [0.05, 0.1) is 48.4 Å². The van der Waals surface area contributed by atoms with Crippen molar-refractivity contribution in [2.75, 3.05) is 0 Å². The molecule has 0 atom stereocenters. The Balaban J connectivity index is 2.95. The van der Waals surface area contributed by atoms with Crippen molar-refractivity contribution in [2.24, 2.45) is 0 Å². The Morgan fingerprint density at radius 3 is 0.617 bits per heavy atom. The van der Waals surface area contributed by atoms with Crippen molar-refractivity contribution < 1.29 is 0 Å². The molecule has 0 radical (unpaired) electrons. The SMILES string of the molecule is Cc1ccc([Si](Cl)(c2ccc(C)c([Si](C)(C)C)c2[Si](C)(C)C)c2ccc(C)c([Si](C)(C)C)c2[Si](C)(C)C)c([Si](C)(C)C)c1[Si](C)(C)C. The number of aryl methyl sites for hydroxylation is 3. The van der Waals surface area contributed by atoms with Gasteiger partial charge in [0.1, 0.15) is 0 Å². The maximum Gasteiger partial charge on any atom is 0.247 e. The van der Waals surface area contributed by atoms with Crippen LogP contribution in [-0.2, 0) is 0 Å². The van der Waals surface area contributed by atoms with Gasteiger partial charge in [0.2, 0.25) is 7.38 Å². The minimum atomic E-state index is -3.10. The van der Waals surface area contributed by atoms with E-state index in [0.29, 0.717) is 0 Å². The van der Waals surface area contributed by atoms with Gasteiger partial charge < -0.3 is 0 Å². The first-order chi connectivity index (χ1) is 20.8. The van der Waals surface area contributed by atoms with Crippen LogP contribution in [0.4, 0.5) is 0 Å². The van der Waals surface area contributed by atoms with Crippen LogP contribution in [0.15, 0.2) is 36.4 Å². The number of rotatable bonds is 9. The molecule has 0 nitrogen and oxygen atoms in total. The maximum absolute atomic E-state index is 9.12. The monoisotopic (exact) mass is 768 g/mol. The van der Waals surface area contributed by atoms with Crippen LogP contribution in [0.3, 0.4) is 0 Å². The second-order valence-electron chi connectivity index (χ2n) is 20.7. The van der Waals surface area contributed by atoms with Crippen LogP contribution in [0.5, 0.6) is 0 Å². The Morgan fingerprint density at radius 2 is 0.468 bits per heavy atom. The molecule has 0 N–H and O–H groups in total. The Labute approximate surface area is 303 Å². The molecule has 0 saturated heterocycles. The largest absolute Gasteiger partial charge is 0.247 e. The van der Waals surface area contributed by atoms with E-state index < -0.39 is 55.8 Å². The summed E-state index contributed by atoms with van der Waals surface area (Å²) < 4.78 is 0. The van der Waals surface area contributed by atoms with E-state index in [9.17, 15) is 0 Å². The molecule has 0 aliphatic carbocycles. The Morgan fingerprint density at radius 1 is 0.298 bits per heavy atom. The van der Waals surface area contributed by atoms with Crippen LogP contribution in [0.1, 0.15) is 16.7 Å². The van der Waals surface area contributed by atoms with E-state index in [2.05, 4.69) is 175 Å². The zero-order valence-electron chi connectivity index (χ0n) is 34.3. The van der Waals surface area contributed by atoms with Crippen molar-refractivity contribution in [3.63, 3.8) is 0 Å². The van der Waals surface area contributed by atoms with Crippen molar-refractivity contribution in [1.29, 1.82) is 0 Å². The number of halogens is 1. The molecule has 0 saturated carbocycles. The highest BCUT2D eigenvalue weighted by Gasteiger charge is 2.50. The third-order valence-electron chi connectivity index (χ3n) is 9.85. The number of hydrogen-bond acceptors (Lipinski definition) is 0. The first-order valence-corrected chi connectivity index (χ1v) is 41.9. The predicted molar refractivity (Wildman–Crippen MR) is 242 cm³/mol. The number of benzene rings is 3. The number of hydrogen-bond donors (Lipinski definition) is 0. The van der Waals surface area contributed by atoms with Gasteiger partial charge in [-0.1, -0.05) is 202 Å². The van der Waals surface area contributed by atoms with Gasteiger partial charge in [0.25, 0.3) is 0 Å². The average Bonchev–Trinajstić information content (AvgIpc) is 2.83. The van der Waals surface area contributed by atoms with Crippen molar-refractivity contribution in [3.8, 4) is 0 Å². The van der Waals surface area contributed by atoms with Gasteiger partial charge in [-0.05, 0) is 36.3 Å². The molecule has 260 valence electrons. The van der Waals surface area contributed by atoms with Gasteiger partial charge in [-0.3, -0.25) is 0 Å². The van der Waals surface area contributed by atoms with Gasteiger partial charge in [-0.15, -0.1) is 11.1 Å². The molecule has 0 amide bonds. The standard InChI is InChI=1S/C39H69ClSi7/c1-28-22-25-31(37(44(13,14)15)34(28)41(4,5)6)47(40,32-26-23-29(2)35(42(7,8)9)38(32)45(16,17)18)33-27-24-30(3)36(43(10,11)12)39(33)46(19,20)21/h22-27H,1-21H3. The highest BCUT2D eigenvalue weighted by Crippen LogP contribution is 2.21. The van der Waals surface area contributed by atoms with Crippen LogP contribution in [-0.4, -0.2) is 55.8 Å². The molecule has 3 aromatic rings. The molecule has 0 aliphatic heterocycles. The van der Waals surface area contributed by atoms with E-state index in [-0.39, 0.29) is 0 Å². The van der Waals surface area contributed by atoms with Crippen LogP contribution in [0, 0.1) is 20.8 Å². The molecule has 0 bridgehead atoms. The third-order valence-corrected chi connectivity index (χ3v) is 29.2. The molecule has 0 heterocycles. The van der Waals surface area contributed by atoms with Crippen molar-refractivity contribution in [2.45, 2.75) is 139 Å². The summed E-state index contributed by atoms with van der Waals surface area (Å²) in [7, 11) is -13.8. The van der Waals surface area contributed by atoms with Crippen LogP contribution >= 0.6 is 11.1 Å². The first-order valence-electron chi connectivity index (χ1n) is 17.9. The molecular formula is C39H69ClSi7. The molecule has 3 rings (SSSR count). The minimum Gasteiger partial charge on any atom is -0.149 e. The molecule has 8 heteroatoms. The molecular weight excluding hydrogens is 700 g/mol. The van der Waals surface area contributed by atoms with Crippen LogP contribution in [0.25, 0.3) is 0 Å². The van der Waals surface area contributed by atoms with E-state index in [1.807, 2.05) is 0 Å². The van der Waals surface area contributed by atoms with E-state index >= 15 is 0 Å². The normalized spacial score (nSPS) is 14.2. The summed E-state index contributed by atoms with van der Waals surface area (Å²) in [6.45, 7) is 53.5. The molecule has 0 spiro atoms. The molecule has 47 heavy (non-hydrogen) atoms. The summed E-state index contributed by atoms with van der Waals surface area (Å²) in [4.78, 5) is 0. The van der Waals surface area contributed by atoms with Crippen LogP contribution in [0.2, 0.25) is 118 Å². The van der Waals surface area contributed by atoms with Gasteiger partial charge >= 0.3 is 0 Å². The van der Waals surface area contributed by atoms with E-state index in [1.54, 1.807) is 31.1 Å². The lowest BCUT2D eigenvalue weighted by Crippen LogP contribution is -2.82. The Bertz CT molecular complexity index is 1470. The maximum atomic E-state index is 9.12. The second kappa shape index (κ2) is 12.9. The lowest BCUT2D eigenvalue weighted by Gasteiger charge is -2.43. The smallest absolute Gasteiger partial charge is 0.149 e. The fourth-order valence-corrected chi connectivity index (χ4v) is 38.2. The Hall–Kier alpha value is -0.532. The van der Waals surface area contributed by atoms with Gasteiger partial charge in [-0.25, -0.2) is 0 Å². The first kappa shape index (κ1) is 40.9. The summed E-state index contributed by atoms with van der Waals surface area (Å²) in [5.41, 5.74) is 4.44. The fraction of sp³-hybridized carbons (Fsp3) is 0.538. The lowest BCUT2D eigenvalue weighted by atomic mass is 10.2. The third kappa shape index (κ3) is 7.87. The van der Waals surface area contributed by atoms with E-state index in [1.165, 1.54) is 32.3 Å². The topological polar surface area (TPSA) is 0 Å². The summed E-state index contributed by atoms with van der Waals surface area (Å²) in [6.07, 6.45) is 0. The average molecular weight is 770 g/mol. The predicted octanol–water partition coefficient (Wildman–Crippen LogP) is 7.09. The zero-order valence-corrected chi connectivity index (χ0v) is 42.1. The molecule has 3 aromatic carbocycles. The summed E-state index contributed by atoms with van der Waals surface area (Å²) in [6, 6.07) is 15.1. The summed E-state index contributed by atoms with van der Waals surface area (Å²) in [5, 5.41) is 14.7. The van der Waals surface area contributed by atoms with E-state index in [4.69, 9.17) is 11.1 Å². The fourth-order valence-electron chi connectivity index (χ4n) is 8.65. The minimum absolute atomic E-state index is 1.48. The van der Waals surface area contributed by atoms with Crippen molar-refractivity contribution in [1.82, 2.24) is 0 Å². The second-order valence-corrected chi connectivity index (χ2v) is 55.3. The van der Waals surface area contributed by atoms with Gasteiger partial charge in [-0.2, -0.15) is 0 Å².